The molecule has 1 saturated carbocycles. The Morgan fingerprint density at radius 2 is 1.45 bits per heavy atom. The van der Waals surface area contributed by atoms with Gasteiger partial charge in [-0.15, -0.1) is 0 Å². The van der Waals surface area contributed by atoms with Crippen LogP contribution in [0.3, 0.4) is 0 Å². The van der Waals surface area contributed by atoms with Gasteiger partial charge in [-0.2, -0.15) is 0 Å². The van der Waals surface area contributed by atoms with Crippen LogP contribution in [0.2, 0.25) is 0 Å². The maximum absolute atomic E-state index is 13.3. The van der Waals surface area contributed by atoms with E-state index in [-0.39, 0.29) is 5.91 Å². The molecule has 1 unspecified atom stereocenters. The van der Waals surface area contributed by atoms with Crippen molar-refractivity contribution in [2.75, 3.05) is 46.3 Å². The molecular weight excluding hydrogens is 406 g/mol. The van der Waals surface area contributed by atoms with Crippen molar-refractivity contribution >= 4 is 16.7 Å². The van der Waals surface area contributed by atoms with Crippen molar-refractivity contribution in [3.05, 3.63) is 71.8 Å². The number of nitrogens with zero attached hydrogens (tertiary/aromatic N) is 3. The molecule has 0 bridgehead atoms. The second-order valence-corrected chi connectivity index (χ2v) is 10.2. The van der Waals surface area contributed by atoms with E-state index < -0.39 is 0 Å². The molecule has 0 spiro atoms. The summed E-state index contributed by atoms with van der Waals surface area (Å²) in [7, 11) is 2.19. The van der Waals surface area contributed by atoms with Crippen LogP contribution in [0.1, 0.15) is 41.1 Å². The average molecular weight is 440 g/mol. The van der Waals surface area contributed by atoms with Gasteiger partial charge in [0.1, 0.15) is 0 Å². The largest absolute Gasteiger partial charge is 0.337 e. The molecule has 6 rings (SSSR count). The molecule has 1 aliphatic carbocycles. The number of fused-ring (bicyclic) bond motifs is 1. The van der Waals surface area contributed by atoms with E-state index in [0.29, 0.717) is 6.04 Å². The van der Waals surface area contributed by atoms with E-state index in [4.69, 9.17) is 0 Å². The van der Waals surface area contributed by atoms with Gasteiger partial charge in [0.2, 0.25) is 0 Å². The summed E-state index contributed by atoms with van der Waals surface area (Å²) in [6.07, 6.45) is 3.76. The minimum atomic E-state index is 0.174. The average Bonchev–Trinajstić information content (AvgIpc) is 3.60. The van der Waals surface area contributed by atoms with E-state index in [2.05, 4.69) is 76.3 Å². The third-order valence-electron chi connectivity index (χ3n) is 7.88. The highest BCUT2D eigenvalue weighted by atomic mass is 16.2. The van der Waals surface area contributed by atoms with Gasteiger partial charge in [0, 0.05) is 50.9 Å². The number of likely N-dealkylation sites (tertiary alicyclic amines) is 1. The molecule has 33 heavy (non-hydrogen) atoms. The molecular formula is C29H33N3O. The van der Waals surface area contributed by atoms with E-state index >= 15 is 0 Å². The highest BCUT2D eigenvalue weighted by Gasteiger charge is 2.32. The molecule has 3 aliphatic rings. The molecule has 4 heteroatoms. The highest BCUT2D eigenvalue weighted by Crippen LogP contribution is 2.40. The first-order valence-corrected chi connectivity index (χ1v) is 12.5. The Morgan fingerprint density at radius 1 is 0.758 bits per heavy atom. The normalized spacial score (nSPS) is 22.2. The van der Waals surface area contributed by atoms with Gasteiger partial charge in [-0.1, -0.05) is 42.5 Å². The fraction of sp³-hybridized carbons (Fsp3) is 0.414. The Bertz CT molecular complexity index is 1160. The molecule has 2 saturated heterocycles. The molecule has 1 amide bonds. The zero-order valence-electron chi connectivity index (χ0n) is 19.5. The summed E-state index contributed by atoms with van der Waals surface area (Å²) in [6, 6.07) is 22.3. The maximum Gasteiger partial charge on any atom is 0.253 e. The number of hydrogen-bond donors (Lipinski definition) is 0. The number of rotatable bonds is 4. The van der Waals surface area contributed by atoms with Crippen LogP contribution in [-0.4, -0.2) is 73.0 Å². The molecule has 0 aromatic heterocycles. The van der Waals surface area contributed by atoms with Crippen molar-refractivity contribution in [3.63, 3.8) is 0 Å². The van der Waals surface area contributed by atoms with Crippen LogP contribution < -0.4 is 0 Å². The summed E-state index contributed by atoms with van der Waals surface area (Å²) < 4.78 is 0. The van der Waals surface area contributed by atoms with Gasteiger partial charge >= 0.3 is 0 Å². The number of piperazine rings is 1. The van der Waals surface area contributed by atoms with Gasteiger partial charge in [-0.05, 0) is 77.9 Å². The molecule has 1 atom stereocenters. The topological polar surface area (TPSA) is 26.8 Å². The lowest BCUT2D eigenvalue weighted by molar-refractivity contribution is 0.0755. The lowest BCUT2D eigenvalue weighted by Gasteiger charge is -2.36. The molecule has 0 N–H and O–H groups in total. The number of benzene rings is 3. The van der Waals surface area contributed by atoms with Crippen LogP contribution in [0, 0.1) is 0 Å². The van der Waals surface area contributed by atoms with Gasteiger partial charge in [0.05, 0.1) is 0 Å². The van der Waals surface area contributed by atoms with E-state index in [1.54, 1.807) is 0 Å². The van der Waals surface area contributed by atoms with Crippen LogP contribution in [0.15, 0.2) is 60.7 Å². The third kappa shape index (κ3) is 4.30. The molecule has 3 aromatic rings. The molecule has 4 nitrogen and oxygen atoms in total. The van der Waals surface area contributed by atoms with Crippen LogP contribution in [-0.2, 0) is 0 Å². The van der Waals surface area contributed by atoms with E-state index in [0.717, 1.165) is 62.6 Å². The first kappa shape index (κ1) is 20.9. The zero-order valence-corrected chi connectivity index (χ0v) is 19.5. The Balaban J connectivity index is 1.16. The zero-order chi connectivity index (χ0) is 22.4. The van der Waals surface area contributed by atoms with E-state index in [1.165, 1.54) is 34.9 Å². The fourth-order valence-corrected chi connectivity index (χ4v) is 5.52. The summed E-state index contributed by atoms with van der Waals surface area (Å²) in [4.78, 5) is 20.3. The Kier molecular flexibility index (Phi) is 5.43. The summed E-state index contributed by atoms with van der Waals surface area (Å²) in [6.45, 7) is 6.21. The van der Waals surface area contributed by atoms with Crippen LogP contribution in [0.4, 0.5) is 0 Å². The van der Waals surface area contributed by atoms with E-state index in [1.807, 2.05) is 6.07 Å². The Morgan fingerprint density at radius 3 is 2.21 bits per heavy atom. The lowest BCUT2D eigenvalue weighted by atomic mass is 9.98. The summed E-state index contributed by atoms with van der Waals surface area (Å²) in [5, 5.41) is 2.32. The molecule has 3 aromatic carbocycles. The van der Waals surface area contributed by atoms with Crippen molar-refractivity contribution in [1.29, 1.82) is 0 Å². The van der Waals surface area contributed by atoms with Crippen LogP contribution in [0.25, 0.3) is 21.9 Å². The first-order valence-electron chi connectivity index (χ1n) is 12.5. The van der Waals surface area contributed by atoms with Gasteiger partial charge in [-0.3, -0.25) is 9.69 Å². The summed E-state index contributed by atoms with van der Waals surface area (Å²) >= 11 is 0. The standard InChI is InChI=1S/C29H33N3O/c1-30-14-16-31(17-15-30)28-12-13-32(20-28)29(33)27-11-10-25-18-24(8-9-26(25)19-27)23-6-4-22(5-7-23)21-2-3-21/h4-11,18-19,21,28H,2-3,12-17,20H2,1H3. The van der Waals surface area contributed by atoms with Gasteiger partial charge in [-0.25, -0.2) is 0 Å². The number of likely N-dealkylation sites (N-methyl/N-ethyl adjacent to an activating group) is 1. The number of carbonyl (C=O) groups is 1. The predicted molar refractivity (Wildman–Crippen MR) is 135 cm³/mol. The quantitative estimate of drug-likeness (QED) is 0.582. The monoisotopic (exact) mass is 439 g/mol. The van der Waals surface area contributed by atoms with E-state index in [9.17, 15) is 4.79 Å². The third-order valence-corrected chi connectivity index (χ3v) is 7.88. The van der Waals surface area contributed by atoms with Gasteiger partial charge in [0.15, 0.2) is 0 Å². The van der Waals surface area contributed by atoms with Crippen molar-refractivity contribution in [1.82, 2.24) is 14.7 Å². The van der Waals surface area contributed by atoms with Gasteiger partial charge in [0.25, 0.3) is 5.91 Å². The van der Waals surface area contributed by atoms with Crippen molar-refractivity contribution in [2.24, 2.45) is 0 Å². The minimum absolute atomic E-state index is 0.174. The molecule has 0 radical (unpaired) electrons. The lowest BCUT2D eigenvalue weighted by Crippen LogP contribution is -2.50. The van der Waals surface area contributed by atoms with Crippen LogP contribution >= 0.6 is 0 Å². The molecule has 2 heterocycles. The van der Waals surface area contributed by atoms with Crippen molar-refractivity contribution < 1.29 is 4.79 Å². The molecule has 2 aliphatic heterocycles. The van der Waals surface area contributed by atoms with Gasteiger partial charge < -0.3 is 9.80 Å². The Hall–Kier alpha value is -2.69. The second-order valence-electron chi connectivity index (χ2n) is 10.2. The van der Waals surface area contributed by atoms with Crippen LogP contribution in [0.5, 0.6) is 0 Å². The Labute approximate surface area is 196 Å². The summed E-state index contributed by atoms with van der Waals surface area (Å²) in [5.74, 6) is 0.965. The highest BCUT2D eigenvalue weighted by molar-refractivity contribution is 5.99. The number of hydrogen-bond acceptors (Lipinski definition) is 3. The maximum atomic E-state index is 13.3. The number of carbonyl (C=O) groups excluding carboxylic acids is 1. The first-order chi connectivity index (χ1) is 16.1. The second kappa shape index (κ2) is 8.58. The van der Waals surface area contributed by atoms with Crippen molar-refractivity contribution in [2.45, 2.75) is 31.2 Å². The predicted octanol–water partition coefficient (Wildman–Crippen LogP) is 4.85. The number of amides is 1. The molecule has 170 valence electrons. The summed E-state index contributed by atoms with van der Waals surface area (Å²) in [5.41, 5.74) is 4.77. The smallest absolute Gasteiger partial charge is 0.253 e. The molecule has 3 fully saturated rings. The van der Waals surface area contributed by atoms with Crippen molar-refractivity contribution in [3.8, 4) is 11.1 Å². The SMILES string of the molecule is CN1CCN(C2CCN(C(=O)c3ccc4cc(-c5ccc(C6CC6)cc5)ccc4c3)C2)CC1. The fourth-order valence-electron chi connectivity index (χ4n) is 5.52. The minimum Gasteiger partial charge on any atom is -0.337 e.